The minimum atomic E-state index is -0.0993. The standard InChI is InChI=1S/C19H24N4O3/c1-3-26-13-19(25)22-8-7-18-20-12-17(23(18)10-9-22)15-5-4-6-16(11-15)21-14(2)24/h4-6,11-12H,3,7-10,13H2,1-2H3,(H,21,24). The van der Waals surface area contributed by atoms with E-state index >= 15 is 0 Å². The molecule has 0 radical (unpaired) electrons. The van der Waals surface area contributed by atoms with Gasteiger partial charge in [0.1, 0.15) is 12.4 Å². The lowest BCUT2D eigenvalue weighted by atomic mass is 10.1. The number of nitrogens with zero attached hydrogens (tertiary/aromatic N) is 3. The molecule has 0 bridgehead atoms. The second-order valence-corrected chi connectivity index (χ2v) is 6.24. The van der Waals surface area contributed by atoms with Gasteiger partial charge < -0.3 is 19.5 Å². The Hall–Kier alpha value is -2.67. The van der Waals surface area contributed by atoms with Gasteiger partial charge in [-0.05, 0) is 19.1 Å². The normalized spacial score (nSPS) is 13.8. The van der Waals surface area contributed by atoms with E-state index in [0.29, 0.717) is 32.7 Å². The first kappa shape index (κ1) is 18.1. The van der Waals surface area contributed by atoms with Gasteiger partial charge in [-0.3, -0.25) is 9.59 Å². The highest BCUT2D eigenvalue weighted by Crippen LogP contribution is 2.25. The fourth-order valence-electron chi connectivity index (χ4n) is 3.15. The van der Waals surface area contributed by atoms with Crippen LogP contribution < -0.4 is 5.32 Å². The van der Waals surface area contributed by atoms with Crippen LogP contribution in [0.1, 0.15) is 19.7 Å². The summed E-state index contributed by atoms with van der Waals surface area (Å²) in [6.45, 7) is 6.01. The maximum absolute atomic E-state index is 12.2. The molecule has 2 heterocycles. The third kappa shape index (κ3) is 4.11. The number of carbonyl (C=O) groups excluding carboxylic acids is 2. The van der Waals surface area contributed by atoms with E-state index in [4.69, 9.17) is 4.74 Å². The average Bonchev–Trinajstić information content (AvgIpc) is 2.90. The van der Waals surface area contributed by atoms with E-state index in [1.807, 2.05) is 42.3 Å². The van der Waals surface area contributed by atoms with Crippen molar-refractivity contribution in [2.24, 2.45) is 0 Å². The molecule has 26 heavy (non-hydrogen) atoms. The third-order valence-corrected chi connectivity index (χ3v) is 4.40. The molecule has 0 fully saturated rings. The number of fused-ring (bicyclic) bond motifs is 1. The highest BCUT2D eigenvalue weighted by atomic mass is 16.5. The van der Waals surface area contributed by atoms with Crippen LogP contribution in [0.25, 0.3) is 11.3 Å². The summed E-state index contributed by atoms with van der Waals surface area (Å²) in [4.78, 5) is 29.9. The largest absolute Gasteiger partial charge is 0.372 e. The van der Waals surface area contributed by atoms with Crippen LogP contribution >= 0.6 is 0 Å². The summed E-state index contributed by atoms with van der Waals surface area (Å²) in [6, 6.07) is 7.71. The van der Waals surface area contributed by atoms with Gasteiger partial charge >= 0.3 is 0 Å². The summed E-state index contributed by atoms with van der Waals surface area (Å²) in [7, 11) is 0. The number of nitrogens with one attached hydrogen (secondary N) is 1. The Kier molecular flexibility index (Phi) is 5.68. The van der Waals surface area contributed by atoms with Gasteiger partial charge in [-0.25, -0.2) is 4.98 Å². The third-order valence-electron chi connectivity index (χ3n) is 4.40. The van der Waals surface area contributed by atoms with Gasteiger partial charge in [0.2, 0.25) is 11.8 Å². The summed E-state index contributed by atoms with van der Waals surface area (Å²) in [5, 5.41) is 2.81. The Balaban J connectivity index is 1.78. The Morgan fingerprint density at radius 2 is 2.12 bits per heavy atom. The van der Waals surface area contributed by atoms with Crippen molar-refractivity contribution in [3.05, 3.63) is 36.3 Å². The second kappa shape index (κ2) is 8.14. The van der Waals surface area contributed by atoms with Gasteiger partial charge in [0, 0.05) is 50.8 Å². The number of anilines is 1. The Morgan fingerprint density at radius 3 is 2.88 bits per heavy atom. The SMILES string of the molecule is CCOCC(=O)N1CCc2ncc(-c3cccc(NC(C)=O)c3)n2CC1. The lowest BCUT2D eigenvalue weighted by molar-refractivity contribution is -0.136. The molecule has 0 aliphatic carbocycles. The fourth-order valence-corrected chi connectivity index (χ4v) is 3.15. The maximum Gasteiger partial charge on any atom is 0.248 e. The smallest absolute Gasteiger partial charge is 0.248 e. The monoisotopic (exact) mass is 356 g/mol. The number of hydrogen-bond donors (Lipinski definition) is 1. The van der Waals surface area contributed by atoms with E-state index in [9.17, 15) is 9.59 Å². The van der Waals surface area contributed by atoms with Crippen LogP contribution in [0.5, 0.6) is 0 Å². The summed E-state index contributed by atoms with van der Waals surface area (Å²) in [5.74, 6) is 0.890. The van der Waals surface area contributed by atoms with Gasteiger partial charge in [0.05, 0.1) is 11.9 Å². The molecule has 0 saturated carbocycles. The van der Waals surface area contributed by atoms with Gasteiger partial charge in [-0.2, -0.15) is 0 Å². The molecule has 0 atom stereocenters. The van der Waals surface area contributed by atoms with Crippen molar-refractivity contribution in [1.29, 1.82) is 0 Å². The van der Waals surface area contributed by atoms with E-state index in [1.165, 1.54) is 6.92 Å². The van der Waals surface area contributed by atoms with E-state index in [-0.39, 0.29) is 18.4 Å². The number of ether oxygens (including phenoxy) is 1. The lowest BCUT2D eigenvalue weighted by Gasteiger charge is -2.20. The molecule has 2 aromatic rings. The van der Waals surface area contributed by atoms with Crippen molar-refractivity contribution in [3.63, 3.8) is 0 Å². The molecule has 7 heteroatoms. The number of hydrogen-bond acceptors (Lipinski definition) is 4. The quantitative estimate of drug-likeness (QED) is 0.888. The number of imidazole rings is 1. The summed E-state index contributed by atoms with van der Waals surface area (Å²) in [6.07, 6.45) is 2.57. The topological polar surface area (TPSA) is 76.5 Å². The molecule has 0 spiro atoms. The van der Waals surface area contributed by atoms with Crippen LogP contribution in [0.4, 0.5) is 5.69 Å². The highest BCUT2D eigenvalue weighted by molar-refractivity contribution is 5.89. The lowest BCUT2D eigenvalue weighted by Crippen LogP contribution is -2.36. The Bertz CT molecular complexity index is 800. The average molecular weight is 356 g/mol. The van der Waals surface area contributed by atoms with Gasteiger partial charge in [0.15, 0.2) is 0 Å². The van der Waals surface area contributed by atoms with E-state index in [1.54, 1.807) is 0 Å². The van der Waals surface area contributed by atoms with Crippen molar-refractivity contribution in [3.8, 4) is 11.3 Å². The first-order chi connectivity index (χ1) is 12.6. The zero-order chi connectivity index (χ0) is 18.5. The maximum atomic E-state index is 12.2. The van der Waals surface area contributed by atoms with Gasteiger partial charge in [0.25, 0.3) is 0 Å². The highest BCUT2D eigenvalue weighted by Gasteiger charge is 2.21. The molecular weight excluding hydrogens is 332 g/mol. The molecule has 1 aliphatic rings. The van der Waals surface area contributed by atoms with Crippen molar-refractivity contribution in [2.75, 3.05) is 31.6 Å². The summed E-state index contributed by atoms with van der Waals surface area (Å²) >= 11 is 0. The number of rotatable bonds is 5. The first-order valence-electron chi connectivity index (χ1n) is 8.86. The number of carbonyl (C=O) groups is 2. The summed E-state index contributed by atoms with van der Waals surface area (Å²) < 4.78 is 7.39. The van der Waals surface area contributed by atoms with Crippen molar-refractivity contribution >= 4 is 17.5 Å². The molecule has 2 amide bonds. The minimum Gasteiger partial charge on any atom is -0.372 e. The van der Waals surface area contributed by atoms with Crippen molar-refractivity contribution in [1.82, 2.24) is 14.5 Å². The molecule has 1 aliphatic heterocycles. The van der Waals surface area contributed by atoms with E-state index in [0.717, 1.165) is 22.8 Å². The molecule has 1 aromatic heterocycles. The molecule has 1 N–H and O–H groups in total. The van der Waals surface area contributed by atoms with Crippen LogP contribution in [-0.2, 0) is 27.3 Å². The van der Waals surface area contributed by atoms with E-state index < -0.39 is 0 Å². The second-order valence-electron chi connectivity index (χ2n) is 6.24. The molecule has 3 rings (SSSR count). The van der Waals surface area contributed by atoms with Crippen molar-refractivity contribution in [2.45, 2.75) is 26.8 Å². The number of aromatic nitrogens is 2. The molecule has 7 nitrogen and oxygen atoms in total. The van der Waals surface area contributed by atoms with Crippen LogP contribution in [-0.4, -0.2) is 52.6 Å². The van der Waals surface area contributed by atoms with Crippen LogP contribution in [0.2, 0.25) is 0 Å². The van der Waals surface area contributed by atoms with Gasteiger partial charge in [-0.15, -0.1) is 0 Å². The van der Waals surface area contributed by atoms with Crippen LogP contribution in [0.15, 0.2) is 30.5 Å². The number of benzene rings is 1. The molecular formula is C19H24N4O3. The molecule has 138 valence electrons. The first-order valence-corrected chi connectivity index (χ1v) is 8.86. The van der Waals surface area contributed by atoms with Crippen molar-refractivity contribution < 1.29 is 14.3 Å². The fraction of sp³-hybridized carbons (Fsp3) is 0.421. The van der Waals surface area contributed by atoms with Crippen LogP contribution in [0.3, 0.4) is 0 Å². The molecule has 0 unspecified atom stereocenters. The zero-order valence-corrected chi connectivity index (χ0v) is 15.2. The summed E-state index contributed by atoms with van der Waals surface area (Å²) in [5.41, 5.74) is 2.74. The predicted octanol–water partition coefficient (Wildman–Crippen LogP) is 1.93. The molecule has 1 aromatic carbocycles. The van der Waals surface area contributed by atoms with E-state index in [2.05, 4.69) is 14.9 Å². The minimum absolute atomic E-state index is 0.0202. The van der Waals surface area contributed by atoms with Gasteiger partial charge in [-0.1, -0.05) is 12.1 Å². The van der Waals surface area contributed by atoms with Crippen LogP contribution in [0, 0.1) is 0 Å². The Labute approximate surface area is 153 Å². The number of amides is 2. The predicted molar refractivity (Wildman–Crippen MR) is 98.7 cm³/mol. The Morgan fingerprint density at radius 1 is 1.27 bits per heavy atom. The molecule has 0 saturated heterocycles. The zero-order valence-electron chi connectivity index (χ0n) is 15.2.